The maximum atomic E-state index is 10.9. The lowest BCUT2D eigenvalue weighted by atomic mass is 10.0. The average Bonchev–Trinajstić information content (AvgIpc) is 2.89. The molecule has 1 aliphatic rings. The number of carbonyl (C=O) groups excluding carboxylic acids is 1. The number of amides is 1. The van der Waals surface area contributed by atoms with Crippen molar-refractivity contribution in [1.29, 1.82) is 0 Å². The molecule has 0 radical (unpaired) electrons. The maximum absolute atomic E-state index is 10.9. The molecule has 1 amide bonds. The molecular weight excluding hydrogens is 282 g/mol. The van der Waals surface area contributed by atoms with Crippen molar-refractivity contribution in [2.75, 3.05) is 19.6 Å². The van der Waals surface area contributed by atoms with Crippen molar-refractivity contribution in [2.24, 2.45) is 5.73 Å². The summed E-state index contributed by atoms with van der Waals surface area (Å²) in [5.41, 5.74) is 6.62. The molecule has 0 atom stereocenters. The summed E-state index contributed by atoms with van der Waals surface area (Å²) in [6, 6.07) is 9.09. The third kappa shape index (κ3) is 3.61. The summed E-state index contributed by atoms with van der Waals surface area (Å²) in [7, 11) is 0. The molecule has 1 aliphatic heterocycles. The molecule has 0 bridgehead atoms. The fourth-order valence-corrected chi connectivity index (χ4v) is 3.90. The zero-order valence-corrected chi connectivity index (χ0v) is 12.9. The van der Waals surface area contributed by atoms with Crippen LogP contribution in [-0.2, 0) is 11.3 Å². The Kier molecular flexibility index (Phi) is 4.53. The number of likely N-dealkylation sites (tertiary alicyclic amines) is 1. The number of nitrogens with zero attached hydrogens (tertiary/aromatic N) is 1. The summed E-state index contributed by atoms with van der Waals surface area (Å²) in [6.07, 6.45) is 2.16. The minimum absolute atomic E-state index is 0.230. The molecule has 3 N–H and O–H groups in total. The first-order valence-corrected chi connectivity index (χ1v) is 8.29. The Bertz CT molecular complexity index is 617. The average molecular weight is 303 g/mol. The molecule has 1 aromatic heterocycles. The Morgan fingerprint density at radius 3 is 2.86 bits per heavy atom. The second-order valence-electron chi connectivity index (χ2n) is 5.65. The molecule has 21 heavy (non-hydrogen) atoms. The highest BCUT2D eigenvalue weighted by Crippen LogP contribution is 2.25. The van der Waals surface area contributed by atoms with Gasteiger partial charge in [0.25, 0.3) is 0 Å². The third-order valence-electron chi connectivity index (χ3n) is 4.11. The molecule has 1 fully saturated rings. The quantitative estimate of drug-likeness (QED) is 0.887. The van der Waals surface area contributed by atoms with Gasteiger partial charge in [0.15, 0.2) is 0 Å². The van der Waals surface area contributed by atoms with Gasteiger partial charge in [0.1, 0.15) is 0 Å². The third-order valence-corrected chi connectivity index (χ3v) is 5.12. The normalized spacial score (nSPS) is 17.3. The topological polar surface area (TPSA) is 58.4 Å². The molecule has 0 unspecified atom stereocenters. The van der Waals surface area contributed by atoms with E-state index in [2.05, 4.69) is 39.9 Å². The van der Waals surface area contributed by atoms with Crippen molar-refractivity contribution >= 4 is 27.3 Å². The Labute approximate surface area is 128 Å². The van der Waals surface area contributed by atoms with Crippen LogP contribution in [0.3, 0.4) is 0 Å². The molecule has 1 saturated heterocycles. The van der Waals surface area contributed by atoms with Crippen molar-refractivity contribution in [1.82, 2.24) is 10.2 Å². The predicted molar refractivity (Wildman–Crippen MR) is 87.3 cm³/mol. The standard InChI is InChI=1S/C16H21N3OS/c17-16(20)10-19-7-5-13(6-8-19)18-9-12-11-21-15-4-2-1-3-14(12)15/h1-4,11,13,18H,5-10H2,(H2,17,20). The second-order valence-corrected chi connectivity index (χ2v) is 6.57. The lowest BCUT2D eigenvalue weighted by molar-refractivity contribution is -0.119. The predicted octanol–water partition coefficient (Wildman–Crippen LogP) is 1.94. The lowest BCUT2D eigenvalue weighted by Crippen LogP contribution is -2.45. The van der Waals surface area contributed by atoms with E-state index < -0.39 is 0 Å². The number of piperidine rings is 1. The summed E-state index contributed by atoms with van der Waals surface area (Å²) < 4.78 is 1.35. The first-order valence-electron chi connectivity index (χ1n) is 7.41. The van der Waals surface area contributed by atoms with E-state index in [9.17, 15) is 4.79 Å². The van der Waals surface area contributed by atoms with Crippen molar-refractivity contribution in [3.8, 4) is 0 Å². The summed E-state index contributed by atoms with van der Waals surface area (Å²) in [5.74, 6) is -0.230. The minimum atomic E-state index is -0.230. The van der Waals surface area contributed by atoms with Crippen LogP contribution in [0.4, 0.5) is 0 Å². The maximum Gasteiger partial charge on any atom is 0.231 e. The number of hydrogen-bond donors (Lipinski definition) is 2. The smallest absolute Gasteiger partial charge is 0.231 e. The van der Waals surface area contributed by atoms with Gasteiger partial charge >= 0.3 is 0 Å². The minimum Gasteiger partial charge on any atom is -0.369 e. The highest BCUT2D eigenvalue weighted by molar-refractivity contribution is 7.17. The summed E-state index contributed by atoms with van der Waals surface area (Å²) in [4.78, 5) is 13.1. The first kappa shape index (κ1) is 14.5. The molecule has 1 aromatic carbocycles. The van der Waals surface area contributed by atoms with Crippen LogP contribution in [0, 0.1) is 0 Å². The largest absolute Gasteiger partial charge is 0.369 e. The van der Waals surface area contributed by atoms with E-state index in [1.54, 1.807) is 0 Å². The number of fused-ring (bicyclic) bond motifs is 1. The number of hydrogen-bond acceptors (Lipinski definition) is 4. The number of nitrogens with one attached hydrogen (secondary N) is 1. The number of nitrogens with two attached hydrogens (primary N) is 1. The molecule has 2 heterocycles. The van der Waals surface area contributed by atoms with Crippen LogP contribution in [0.2, 0.25) is 0 Å². The van der Waals surface area contributed by atoms with E-state index in [0.29, 0.717) is 12.6 Å². The van der Waals surface area contributed by atoms with Gasteiger partial charge in [-0.15, -0.1) is 11.3 Å². The molecule has 112 valence electrons. The molecule has 0 spiro atoms. The van der Waals surface area contributed by atoms with Gasteiger partial charge in [-0.3, -0.25) is 9.69 Å². The fourth-order valence-electron chi connectivity index (χ4n) is 2.94. The lowest BCUT2D eigenvalue weighted by Gasteiger charge is -2.31. The van der Waals surface area contributed by atoms with E-state index in [1.807, 2.05) is 11.3 Å². The number of carbonyl (C=O) groups is 1. The van der Waals surface area contributed by atoms with Gasteiger partial charge < -0.3 is 11.1 Å². The van der Waals surface area contributed by atoms with Gasteiger partial charge in [0, 0.05) is 30.4 Å². The number of benzene rings is 1. The second kappa shape index (κ2) is 6.56. The molecule has 3 rings (SSSR count). The van der Waals surface area contributed by atoms with Crippen LogP contribution in [0.25, 0.3) is 10.1 Å². The van der Waals surface area contributed by atoms with Crippen molar-refractivity contribution < 1.29 is 4.79 Å². The molecule has 0 saturated carbocycles. The van der Waals surface area contributed by atoms with Gasteiger partial charge in [-0.05, 0) is 35.2 Å². The SMILES string of the molecule is NC(=O)CN1CCC(NCc2csc3ccccc23)CC1. The van der Waals surface area contributed by atoms with Crippen molar-refractivity contribution in [3.05, 3.63) is 35.2 Å². The summed E-state index contributed by atoms with van der Waals surface area (Å²) in [5, 5.41) is 7.27. The van der Waals surface area contributed by atoms with Crippen LogP contribution >= 0.6 is 11.3 Å². The highest BCUT2D eigenvalue weighted by Gasteiger charge is 2.19. The molecular formula is C16H21N3OS. The zero-order chi connectivity index (χ0) is 14.7. The van der Waals surface area contributed by atoms with Crippen LogP contribution in [0.5, 0.6) is 0 Å². The number of primary amides is 1. The van der Waals surface area contributed by atoms with Gasteiger partial charge in [0.2, 0.25) is 5.91 Å². The number of rotatable bonds is 5. The van der Waals surface area contributed by atoms with E-state index in [4.69, 9.17) is 5.73 Å². The van der Waals surface area contributed by atoms with Gasteiger partial charge in [-0.25, -0.2) is 0 Å². The Balaban J connectivity index is 1.51. The van der Waals surface area contributed by atoms with E-state index >= 15 is 0 Å². The van der Waals surface area contributed by atoms with Crippen molar-refractivity contribution in [2.45, 2.75) is 25.4 Å². The van der Waals surface area contributed by atoms with E-state index in [0.717, 1.165) is 32.5 Å². The number of thiophene rings is 1. The Morgan fingerprint density at radius 1 is 1.33 bits per heavy atom. The zero-order valence-electron chi connectivity index (χ0n) is 12.0. The molecule has 5 heteroatoms. The van der Waals surface area contributed by atoms with E-state index in [1.165, 1.54) is 15.6 Å². The molecule has 4 nitrogen and oxygen atoms in total. The first-order chi connectivity index (χ1) is 10.2. The summed E-state index contributed by atoms with van der Waals surface area (Å²) >= 11 is 1.81. The Hall–Kier alpha value is -1.43. The van der Waals surface area contributed by atoms with Crippen LogP contribution < -0.4 is 11.1 Å². The van der Waals surface area contributed by atoms with Gasteiger partial charge in [-0.1, -0.05) is 18.2 Å². The molecule has 2 aromatic rings. The monoisotopic (exact) mass is 303 g/mol. The van der Waals surface area contributed by atoms with Gasteiger partial charge in [-0.2, -0.15) is 0 Å². The van der Waals surface area contributed by atoms with Crippen LogP contribution in [0.15, 0.2) is 29.6 Å². The Morgan fingerprint density at radius 2 is 2.10 bits per heavy atom. The molecule has 0 aliphatic carbocycles. The van der Waals surface area contributed by atoms with Gasteiger partial charge in [0.05, 0.1) is 6.54 Å². The highest BCUT2D eigenvalue weighted by atomic mass is 32.1. The van der Waals surface area contributed by atoms with E-state index in [-0.39, 0.29) is 5.91 Å². The van der Waals surface area contributed by atoms with Crippen LogP contribution in [-0.4, -0.2) is 36.5 Å². The fraction of sp³-hybridized carbons (Fsp3) is 0.438. The van der Waals surface area contributed by atoms with Crippen molar-refractivity contribution in [3.63, 3.8) is 0 Å². The summed E-state index contributed by atoms with van der Waals surface area (Å²) in [6.45, 7) is 3.21. The van der Waals surface area contributed by atoms with Crippen LogP contribution in [0.1, 0.15) is 18.4 Å².